The Hall–Kier alpha value is -1.52. The lowest BCUT2D eigenvalue weighted by Gasteiger charge is -2.21. The third-order valence-corrected chi connectivity index (χ3v) is 3.37. The Labute approximate surface area is 123 Å². The van der Waals surface area contributed by atoms with Crippen molar-refractivity contribution in [3.63, 3.8) is 0 Å². The average molecular weight is 294 g/mol. The van der Waals surface area contributed by atoms with E-state index >= 15 is 0 Å². The molecule has 0 fully saturated rings. The van der Waals surface area contributed by atoms with Crippen molar-refractivity contribution in [3.05, 3.63) is 57.6 Å². The summed E-state index contributed by atoms with van der Waals surface area (Å²) < 4.78 is 14.2. The van der Waals surface area contributed by atoms with Crippen LogP contribution >= 0.6 is 11.6 Å². The van der Waals surface area contributed by atoms with Crippen molar-refractivity contribution in [2.24, 2.45) is 0 Å². The van der Waals surface area contributed by atoms with Gasteiger partial charge in [0, 0.05) is 10.6 Å². The van der Waals surface area contributed by atoms with E-state index in [1.54, 1.807) is 12.1 Å². The molecule has 0 aliphatic rings. The van der Waals surface area contributed by atoms with Crippen LogP contribution < -0.4 is 5.32 Å². The number of nitrogens with one attached hydrogen (secondary N) is 1. The van der Waals surface area contributed by atoms with Gasteiger partial charge in [-0.2, -0.15) is 10.2 Å². The van der Waals surface area contributed by atoms with E-state index in [0.717, 1.165) is 17.0 Å². The van der Waals surface area contributed by atoms with E-state index < -0.39 is 0 Å². The molecule has 0 amide bonds. The standard InChI is InChI=1S/C15H17ClFN3/c1-4-18-15(12-6-5-11(16)8-14(12)17)13-7-9(2)19-20-10(13)3/h5-8,15,18H,4H2,1-3H3. The van der Waals surface area contributed by atoms with E-state index in [0.29, 0.717) is 17.1 Å². The second-order valence-corrected chi connectivity index (χ2v) is 5.12. The van der Waals surface area contributed by atoms with Crippen LogP contribution in [0.2, 0.25) is 5.02 Å². The van der Waals surface area contributed by atoms with Crippen LogP contribution in [0.15, 0.2) is 24.3 Å². The molecule has 106 valence electrons. The number of halogens is 2. The molecular formula is C15H17ClFN3. The van der Waals surface area contributed by atoms with Crippen molar-refractivity contribution in [1.82, 2.24) is 15.5 Å². The molecular weight excluding hydrogens is 277 g/mol. The molecule has 1 aromatic heterocycles. The zero-order valence-corrected chi connectivity index (χ0v) is 12.5. The summed E-state index contributed by atoms with van der Waals surface area (Å²) in [6, 6.07) is 6.41. The monoisotopic (exact) mass is 293 g/mol. The number of aryl methyl sites for hydroxylation is 2. The van der Waals surface area contributed by atoms with Crippen LogP contribution in [0.4, 0.5) is 4.39 Å². The molecule has 0 radical (unpaired) electrons. The van der Waals surface area contributed by atoms with Crippen LogP contribution in [0.5, 0.6) is 0 Å². The van der Waals surface area contributed by atoms with Gasteiger partial charge in [-0.1, -0.05) is 24.6 Å². The summed E-state index contributed by atoms with van der Waals surface area (Å²) in [7, 11) is 0. The van der Waals surface area contributed by atoms with Gasteiger partial charge in [0.1, 0.15) is 5.82 Å². The van der Waals surface area contributed by atoms with E-state index in [1.165, 1.54) is 6.07 Å². The molecule has 1 aromatic carbocycles. The molecule has 20 heavy (non-hydrogen) atoms. The van der Waals surface area contributed by atoms with Gasteiger partial charge in [0.05, 0.1) is 17.4 Å². The van der Waals surface area contributed by atoms with E-state index in [1.807, 2.05) is 26.8 Å². The second kappa shape index (κ2) is 6.29. The lowest BCUT2D eigenvalue weighted by atomic mass is 9.97. The minimum atomic E-state index is -0.322. The first-order valence-corrected chi connectivity index (χ1v) is 6.90. The normalized spacial score (nSPS) is 12.4. The highest BCUT2D eigenvalue weighted by Crippen LogP contribution is 2.27. The van der Waals surface area contributed by atoms with Crippen LogP contribution in [0.1, 0.15) is 35.5 Å². The molecule has 0 saturated heterocycles. The quantitative estimate of drug-likeness (QED) is 0.936. The number of rotatable bonds is 4. The van der Waals surface area contributed by atoms with Gasteiger partial charge < -0.3 is 5.32 Å². The van der Waals surface area contributed by atoms with Crippen molar-refractivity contribution in [3.8, 4) is 0 Å². The summed E-state index contributed by atoms with van der Waals surface area (Å²) in [5.41, 5.74) is 3.09. The van der Waals surface area contributed by atoms with Crippen LogP contribution in [0.3, 0.4) is 0 Å². The molecule has 1 heterocycles. The molecule has 5 heteroatoms. The Morgan fingerprint density at radius 1 is 1.20 bits per heavy atom. The largest absolute Gasteiger partial charge is 0.306 e. The van der Waals surface area contributed by atoms with Gasteiger partial charge >= 0.3 is 0 Å². The molecule has 0 saturated carbocycles. The van der Waals surface area contributed by atoms with E-state index in [2.05, 4.69) is 15.5 Å². The fourth-order valence-electron chi connectivity index (χ4n) is 2.19. The highest BCUT2D eigenvalue weighted by molar-refractivity contribution is 6.30. The maximum atomic E-state index is 14.2. The number of aromatic nitrogens is 2. The van der Waals surface area contributed by atoms with E-state index in [9.17, 15) is 4.39 Å². The van der Waals surface area contributed by atoms with Crippen LogP contribution in [0, 0.1) is 19.7 Å². The highest BCUT2D eigenvalue weighted by atomic mass is 35.5. The average Bonchev–Trinajstić information content (AvgIpc) is 2.40. The third-order valence-electron chi connectivity index (χ3n) is 3.13. The lowest BCUT2D eigenvalue weighted by molar-refractivity contribution is 0.555. The molecule has 1 atom stereocenters. The lowest BCUT2D eigenvalue weighted by Crippen LogP contribution is -2.24. The summed E-state index contributed by atoms with van der Waals surface area (Å²) in [6.45, 7) is 6.45. The summed E-state index contributed by atoms with van der Waals surface area (Å²) in [5, 5.41) is 11.8. The van der Waals surface area contributed by atoms with Crippen LogP contribution in [-0.2, 0) is 0 Å². The minimum Gasteiger partial charge on any atom is -0.306 e. The Morgan fingerprint density at radius 2 is 1.95 bits per heavy atom. The van der Waals surface area contributed by atoms with Crippen molar-refractivity contribution >= 4 is 11.6 Å². The van der Waals surface area contributed by atoms with Gasteiger partial charge in [-0.05, 0) is 44.2 Å². The van der Waals surface area contributed by atoms with Crippen molar-refractivity contribution in [1.29, 1.82) is 0 Å². The number of hydrogen-bond acceptors (Lipinski definition) is 3. The molecule has 1 N–H and O–H groups in total. The maximum Gasteiger partial charge on any atom is 0.129 e. The Bertz CT molecular complexity index is 616. The zero-order valence-electron chi connectivity index (χ0n) is 11.7. The molecule has 0 spiro atoms. The summed E-state index contributed by atoms with van der Waals surface area (Å²) in [6.07, 6.45) is 0. The molecule has 3 nitrogen and oxygen atoms in total. The highest BCUT2D eigenvalue weighted by Gasteiger charge is 2.20. The van der Waals surface area contributed by atoms with Gasteiger partial charge in [-0.25, -0.2) is 4.39 Å². The van der Waals surface area contributed by atoms with Gasteiger partial charge in [0.25, 0.3) is 0 Å². The molecule has 2 rings (SSSR count). The minimum absolute atomic E-state index is 0.258. The maximum absolute atomic E-state index is 14.2. The number of hydrogen-bond donors (Lipinski definition) is 1. The van der Waals surface area contributed by atoms with Crippen LogP contribution in [0.25, 0.3) is 0 Å². The van der Waals surface area contributed by atoms with E-state index in [-0.39, 0.29) is 11.9 Å². The van der Waals surface area contributed by atoms with Crippen molar-refractivity contribution in [2.75, 3.05) is 6.54 Å². The second-order valence-electron chi connectivity index (χ2n) is 4.68. The predicted octanol–water partition coefficient (Wildman–Crippen LogP) is 3.58. The fraction of sp³-hybridized carbons (Fsp3) is 0.333. The smallest absolute Gasteiger partial charge is 0.129 e. The number of nitrogens with zero attached hydrogens (tertiary/aromatic N) is 2. The molecule has 0 aliphatic heterocycles. The molecule has 0 bridgehead atoms. The first kappa shape index (κ1) is 14.9. The zero-order chi connectivity index (χ0) is 14.7. The molecule has 0 aliphatic carbocycles. The first-order valence-electron chi connectivity index (χ1n) is 6.52. The Balaban J connectivity index is 2.53. The van der Waals surface area contributed by atoms with Crippen LogP contribution in [-0.4, -0.2) is 16.7 Å². The summed E-state index contributed by atoms with van der Waals surface area (Å²) in [5.74, 6) is -0.322. The molecule has 2 aromatic rings. The topological polar surface area (TPSA) is 37.8 Å². The summed E-state index contributed by atoms with van der Waals surface area (Å²) in [4.78, 5) is 0. The molecule has 1 unspecified atom stereocenters. The first-order chi connectivity index (χ1) is 9.52. The third kappa shape index (κ3) is 3.14. The van der Waals surface area contributed by atoms with Crippen molar-refractivity contribution < 1.29 is 4.39 Å². The fourth-order valence-corrected chi connectivity index (χ4v) is 2.35. The van der Waals surface area contributed by atoms with E-state index in [4.69, 9.17) is 11.6 Å². The van der Waals surface area contributed by atoms with Gasteiger partial charge in [0.2, 0.25) is 0 Å². The van der Waals surface area contributed by atoms with Gasteiger partial charge in [-0.3, -0.25) is 0 Å². The Kier molecular flexibility index (Phi) is 4.68. The summed E-state index contributed by atoms with van der Waals surface area (Å²) >= 11 is 5.82. The van der Waals surface area contributed by atoms with Gasteiger partial charge in [-0.15, -0.1) is 0 Å². The SMILES string of the molecule is CCNC(c1ccc(Cl)cc1F)c1cc(C)nnc1C. The Morgan fingerprint density at radius 3 is 2.60 bits per heavy atom. The predicted molar refractivity (Wildman–Crippen MR) is 78.4 cm³/mol. The number of benzene rings is 1. The van der Waals surface area contributed by atoms with Gasteiger partial charge in [0.15, 0.2) is 0 Å². The van der Waals surface area contributed by atoms with Crippen molar-refractivity contribution in [2.45, 2.75) is 26.8 Å².